The molecule has 0 aliphatic heterocycles. The van der Waals surface area contributed by atoms with Crippen LogP contribution in [-0.4, -0.2) is 10.1 Å². The predicted molar refractivity (Wildman–Crippen MR) is 105 cm³/mol. The number of pyridine rings is 1. The second-order valence-corrected chi connectivity index (χ2v) is 6.30. The van der Waals surface area contributed by atoms with Crippen molar-refractivity contribution in [1.82, 2.24) is 4.98 Å². The van der Waals surface area contributed by atoms with Crippen LogP contribution in [0.3, 0.4) is 0 Å². The van der Waals surface area contributed by atoms with Crippen LogP contribution in [0.4, 0.5) is 24.5 Å². The third-order valence-corrected chi connectivity index (χ3v) is 4.02. The molecule has 0 saturated carbocycles. The number of nitrogens with one attached hydrogen (secondary N) is 2. The number of nitrogens with zero attached hydrogens (tertiary/aromatic N) is 1. The van der Waals surface area contributed by atoms with Crippen LogP contribution < -0.4 is 10.6 Å². The highest BCUT2D eigenvalue weighted by atomic mass is 32.1. The number of alkyl halides is 3. The van der Waals surface area contributed by atoms with E-state index in [0.29, 0.717) is 0 Å². The first kappa shape index (κ1) is 18.8. The normalized spacial score (nSPS) is 11.1. The molecule has 1 aromatic heterocycles. The molecule has 0 fully saturated rings. The van der Waals surface area contributed by atoms with Crippen LogP contribution in [0, 0.1) is 0 Å². The average Bonchev–Trinajstić information content (AvgIpc) is 2.64. The van der Waals surface area contributed by atoms with Crippen molar-refractivity contribution in [2.75, 3.05) is 10.6 Å². The first-order valence-corrected chi connectivity index (χ1v) is 8.54. The van der Waals surface area contributed by atoms with Crippen LogP contribution in [0.2, 0.25) is 0 Å². The van der Waals surface area contributed by atoms with Gasteiger partial charge in [-0.05, 0) is 72.2 Å². The Morgan fingerprint density at radius 1 is 0.852 bits per heavy atom. The van der Waals surface area contributed by atoms with Crippen molar-refractivity contribution in [2.24, 2.45) is 0 Å². The monoisotopic (exact) mass is 387 g/mol. The van der Waals surface area contributed by atoms with Crippen LogP contribution in [0.5, 0.6) is 0 Å². The fourth-order valence-electron chi connectivity index (χ4n) is 2.51. The van der Waals surface area contributed by atoms with E-state index >= 15 is 0 Å². The van der Waals surface area contributed by atoms with E-state index in [1.165, 1.54) is 12.1 Å². The molecule has 3 aromatic rings. The van der Waals surface area contributed by atoms with Gasteiger partial charge in [0.2, 0.25) is 0 Å². The van der Waals surface area contributed by atoms with Gasteiger partial charge in [0, 0.05) is 23.8 Å². The van der Waals surface area contributed by atoms with Gasteiger partial charge in [0.15, 0.2) is 5.11 Å². The highest BCUT2D eigenvalue weighted by Crippen LogP contribution is 2.30. The molecule has 0 aliphatic rings. The first-order chi connectivity index (χ1) is 12.9. The van der Waals surface area contributed by atoms with Crippen LogP contribution in [0.1, 0.15) is 16.7 Å². The molecule has 0 radical (unpaired) electrons. The molecule has 0 unspecified atom stereocenters. The molecule has 0 saturated heterocycles. The average molecular weight is 387 g/mol. The number of hydrogen-bond acceptors (Lipinski definition) is 2. The van der Waals surface area contributed by atoms with Gasteiger partial charge in [-0.1, -0.05) is 18.2 Å². The lowest BCUT2D eigenvalue weighted by molar-refractivity contribution is -0.137. The minimum Gasteiger partial charge on any atom is -0.332 e. The summed E-state index contributed by atoms with van der Waals surface area (Å²) in [6.07, 6.45) is -0.0978. The molecular formula is C20H16F3N3S. The molecular weight excluding hydrogens is 371 g/mol. The van der Waals surface area contributed by atoms with E-state index in [-0.39, 0.29) is 10.8 Å². The standard InChI is InChI=1S/C20H16F3N3S/c21-20(22,23)16-2-1-3-18(13-16)26-19(27)25-17-6-4-14(5-7-17)12-15-8-10-24-11-9-15/h1-11,13H,12H2,(H2,25,26,27). The summed E-state index contributed by atoms with van der Waals surface area (Å²) >= 11 is 5.18. The zero-order chi connectivity index (χ0) is 19.3. The van der Waals surface area contributed by atoms with E-state index in [4.69, 9.17) is 12.2 Å². The van der Waals surface area contributed by atoms with Gasteiger partial charge in [-0.2, -0.15) is 13.2 Å². The van der Waals surface area contributed by atoms with Crippen molar-refractivity contribution >= 4 is 28.7 Å². The SMILES string of the molecule is FC(F)(F)c1cccc(NC(=S)Nc2ccc(Cc3ccncc3)cc2)c1. The molecule has 2 N–H and O–H groups in total. The zero-order valence-corrected chi connectivity index (χ0v) is 14.9. The van der Waals surface area contributed by atoms with E-state index in [1.54, 1.807) is 12.4 Å². The summed E-state index contributed by atoms with van der Waals surface area (Å²) in [5, 5.41) is 5.96. The largest absolute Gasteiger partial charge is 0.416 e. The molecule has 0 spiro atoms. The van der Waals surface area contributed by atoms with Crippen molar-refractivity contribution < 1.29 is 13.2 Å². The highest BCUT2D eigenvalue weighted by Gasteiger charge is 2.30. The van der Waals surface area contributed by atoms with Crippen molar-refractivity contribution in [3.05, 3.63) is 89.7 Å². The smallest absolute Gasteiger partial charge is 0.332 e. The third-order valence-electron chi connectivity index (χ3n) is 3.82. The minimum absolute atomic E-state index is 0.219. The maximum absolute atomic E-state index is 12.8. The maximum Gasteiger partial charge on any atom is 0.416 e. The van der Waals surface area contributed by atoms with E-state index in [0.717, 1.165) is 35.4 Å². The van der Waals surface area contributed by atoms with Gasteiger partial charge < -0.3 is 10.6 Å². The number of benzene rings is 2. The molecule has 0 aliphatic carbocycles. The number of hydrogen-bond donors (Lipinski definition) is 2. The number of thiocarbonyl (C=S) groups is 1. The number of rotatable bonds is 4. The zero-order valence-electron chi connectivity index (χ0n) is 14.1. The van der Waals surface area contributed by atoms with Crippen molar-refractivity contribution in [2.45, 2.75) is 12.6 Å². The fraction of sp³-hybridized carbons (Fsp3) is 0.100. The summed E-state index contributed by atoms with van der Waals surface area (Å²) in [5.74, 6) is 0. The molecule has 0 bridgehead atoms. The van der Waals surface area contributed by atoms with Crippen LogP contribution in [0.15, 0.2) is 73.1 Å². The molecule has 1 heterocycles. The van der Waals surface area contributed by atoms with E-state index < -0.39 is 11.7 Å². The summed E-state index contributed by atoms with van der Waals surface area (Å²) < 4.78 is 38.3. The van der Waals surface area contributed by atoms with Gasteiger partial charge in [-0.3, -0.25) is 4.98 Å². The topological polar surface area (TPSA) is 37.0 Å². The van der Waals surface area contributed by atoms with Gasteiger partial charge in [0.05, 0.1) is 5.56 Å². The molecule has 2 aromatic carbocycles. The molecule has 138 valence electrons. The van der Waals surface area contributed by atoms with Crippen molar-refractivity contribution in [1.29, 1.82) is 0 Å². The van der Waals surface area contributed by atoms with E-state index in [1.807, 2.05) is 36.4 Å². The van der Waals surface area contributed by atoms with Gasteiger partial charge in [-0.25, -0.2) is 0 Å². The lowest BCUT2D eigenvalue weighted by Crippen LogP contribution is -2.19. The molecule has 0 atom stereocenters. The number of halogens is 3. The van der Waals surface area contributed by atoms with Gasteiger partial charge in [0.1, 0.15) is 0 Å². The van der Waals surface area contributed by atoms with Crippen LogP contribution >= 0.6 is 12.2 Å². The summed E-state index contributed by atoms with van der Waals surface area (Å²) in [7, 11) is 0. The Kier molecular flexibility index (Phi) is 5.71. The molecule has 7 heteroatoms. The molecule has 3 rings (SSSR count). The number of anilines is 2. The molecule has 3 nitrogen and oxygen atoms in total. The summed E-state index contributed by atoms with van der Waals surface area (Å²) in [6.45, 7) is 0. The molecule has 27 heavy (non-hydrogen) atoms. The lowest BCUT2D eigenvalue weighted by Gasteiger charge is -2.13. The first-order valence-electron chi connectivity index (χ1n) is 8.13. The number of aromatic nitrogens is 1. The van der Waals surface area contributed by atoms with Crippen LogP contribution in [0.25, 0.3) is 0 Å². The van der Waals surface area contributed by atoms with E-state index in [9.17, 15) is 13.2 Å². The van der Waals surface area contributed by atoms with Gasteiger partial charge in [0.25, 0.3) is 0 Å². The van der Waals surface area contributed by atoms with E-state index in [2.05, 4.69) is 15.6 Å². The fourth-order valence-corrected chi connectivity index (χ4v) is 2.74. The van der Waals surface area contributed by atoms with Crippen molar-refractivity contribution in [3.63, 3.8) is 0 Å². The van der Waals surface area contributed by atoms with Gasteiger partial charge in [-0.15, -0.1) is 0 Å². The highest BCUT2D eigenvalue weighted by molar-refractivity contribution is 7.80. The lowest BCUT2D eigenvalue weighted by atomic mass is 10.1. The Morgan fingerprint density at radius 3 is 2.15 bits per heavy atom. The third kappa shape index (κ3) is 5.52. The Balaban J connectivity index is 1.60. The van der Waals surface area contributed by atoms with Crippen molar-refractivity contribution in [3.8, 4) is 0 Å². The Labute approximate surface area is 160 Å². The predicted octanol–water partition coefficient (Wildman–Crippen LogP) is 5.50. The summed E-state index contributed by atoms with van der Waals surface area (Å²) in [4.78, 5) is 3.99. The Morgan fingerprint density at radius 2 is 1.48 bits per heavy atom. The Bertz CT molecular complexity index is 910. The molecule has 0 amide bonds. The summed E-state index contributed by atoms with van der Waals surface area (Å²) in [6, 6.07) is 16.5. The summed E-state index contributed by atoms with van der Waals surface area (Å²) in [5.41, 5.74) is 2.58. The van der Waals surface area contributed by atoms with Crippen LogP contribution in [-0.2, 0) is 12.6 Å². The second kappa shape index (κ2) is 8.18. The quantitative estimate of drug-likeness (QED) is 0.580. The minimum atomic E-state index is -4.39. The maximum atomic E-state index is 12.8. The van der Waals surface area contributed by atoms with Gasteiger partial charge >= 0.3 is 6.18 Å². The Hall–Kier alpha value is -2.93. The second-order valence-electron chi connectivity index (χ2n) is 5.89.